The highest BCUT2D eigenvalue weighted by Crippen LogP contribution is 2.43. The zero-order valence-electron chi connectivity index (χ0n) is 44.7. The molecule has 0 fully saturated rings. The molecular formula is C57H114N2O6P+. The van der Waals surface area contributed by atoms with E-state index >= 15 is 0 Å². The third-order valence-corrected chi connectivity index (χ3v) is 14.1. The van der Waals surface area contributed by atoms with E-state index in [0.29, 0.717) is 17.4 Å². The Bertz CT molecular complexity index is 1130. The van der Waals surface area contributed by atoms with Gasteiger partial charge in [-0.2, -0.15) is 0 Å². The normalized spacial score (nSPS) is 14.1. The lowest BCUT2D eigenvalue weighted by molar-refractivity contribution is -0.870. The number of hydrogen-bond donors (Lipinski definition) is 3. The molecule has 66 heavy (non-hydrogen) atoms. The van der Waals surface area contributed by atoms with Crippen molar-refractivity contribution in [1.29, 1.82) is 0 Å². The molecule has 0 saturated carbocycles. The number of rotatable bonds is 53. The van der Waals surface area contributed by atoms with E-state index in [4.69, 9.17) is 9.05 Å². The fourth-order valence-corrected chi connectivity index (χ4v) is 9.36. The maximum Gasteiger partial charge on any atom is 0.472 e. The topological polar surface area (TPSA) is 105 Å². The van der Waals surface area contributed by atoms with Crippen molar-refractivity contribution >= 4 is 13.7 Å². The molecule has 0 aliphatic carbocycles. The Morgan fingerprint density at radius 1 is 0.500 bits per heavy atom. The number of likely N-dealkylation sites (N-methyl/N-ethyl adjacent to an activating group) is 1. The number of aliphatic hydroxyl groups is 1. The van der Waals surface area contributed by atoms with Gasteiger partial charge >= 0.3 is 7.82 Å². The number of amides is 1. The molecule has 0 saturated heterocycles. The number of unbranched alkanes of at least 4 members (excludes halogenated alkanes) is 38. The summed E-state index contributed by atoms with van der Waals surface area (Å²) in [5.74, 6) is -0.176. The number of nitrogens with one attached hydrogen (secondary N) is 1. The van der Waals surface area contributed by atoms with Crippen LogP contribution in [0.4, 0.5) is 0 Å². The molecular weight excluding hydrogens is 840 g/mol. The lowest BCUT2D eigenvalue weighted by atomic mass is 10.0. The van der Waals surface area contributed by atoms with Gasteiger partial charge in [0.05, 0.1) is 39.9 Å². The van der Waals surface area contributed by atoms with E-state index in [2.05, 4.69) is 31.3 Å². The van der Waals surface area contributed by atoms with Crippen LogP contribution in [0.3, 0.4) is 0 Å². The predicted molar refractivity (Wildman–Crippen MR) is 286 cm³/mol. The number of phosphoric acid groups is 1. The first-order valence-electron chi connectivity index (χ1n) is 28.7. The summed E-state index contributed by atoms with van der Waals surface area (Å²) in [7, 11) is 1.58. The van der Waals surface area contributed by atoms with E-state index in [1.54, 1.807) is 6.08 Å². The second-order valence-electron chi connectivity index (χ2n) is 21.0. The molecule has 1 amide bonds. The molecule has 3 N–H and O–H groups in total. The van der Waals surface area contributed by atoms with Gasteiger partial charge in [0, 0.05) is 6.42 Å². The molecule has 0 spiro atoms. The number of quaternary nitrogens is 1. The van der Waals surface area contributed by atoms with Gasteiger partial charge in [0.2, 0.25) is 5.91 Å². The van der Waals surface area contributed by atoms with E-state index in [9.17, 15) is 19.4 Å². The van der Waals surface area contributed by atoms with Crippen LogP contribution in [-0.4, -0.2) is 73.4 Å². The monoisotopic (exact) mass is 954 g/mol. The number of allylic oxidation sites excluding steroid dienone is 3. The SMILES string of the molecule is CCCCCCC/C=C/C(O)C(COP(=O)(O)OCC[N+](C)(C)C)NC(=O)CCCCCCCCCCCCCCCCCCCCCCCCCCC/C=C\CCCCCCCCCC. The Balaban J connectivity index is 3.75. The van der Waals surface area contributed by atoms with Crippen molar-refractivity contribution in [2.24, 2.45) is 0 Å². The molecule has 0 aromatic rings. The maximum atomic E-state index is 12.9. The van der Waals surface area contributed by atoms with Crippen LogP contribution in [0, 0.1) is 0 Å². The average Bonchev–Trinajstić information content (AvgIpc) is 3.28. The highest BCUT2D eigenvalue weighted by Gasteiger charge is 2.27. The summed E-state index contributed by atoms with van der Waals surface area (Å²) in [5.41, 5.74) is 0. The summed E-state index contributed by atoms with van der Waals surface area (Å²) >= 11 is 0. The van der Waals surface area contributed by atoms with Gasteiger partial charge in [-0.25, -0.2) is 4.57 Å². The third-order valence-electron chi connectivity index (χ3n) is 13.2. The maximum absolute atomic E-state index is 12.9. The molecule has 0 radical (unpaired) electrons. The molecule has 0 aromatic heterocycles. The number of hydrogen-bond acceptors (Lipinski definition) is 5. The van der Waals surface area contributed by atoms with Crippen LogP contribution in [0.25, 0.3) is 0 Å². The fourth-order valence-electron chi connectivity index (χ4n) is 8.63. The molecule has 3 atom stereocenters. The van der Waals surface area contributed by atoms with Crippen molar-refractivity contribution in [3.8, 4) is 0 Å². The third kappa shape index (κ3) is 50.8. The summed E-state index contributed by atoms with van der Waals surface area (Å²) in [4.78, 5) is 23.1. The summed E-state index contributed by atoms with van der Waals surface area (Å²) in [6.07, 6.45) is 62.0. The minimum absolute atomic E-state index is 0.0633. The first kappa shape index (κ1) is 65.0. The van der Waals surface area contributed by atoms with Crippen molar-refractivity contribution in [1.82, 2.24) is 5.32 Å². The second-order valence-corrected chi connectivity index (χ2v) is 22.5. The molecule has 3 unspecified atom stereocenters. The van der Waals surface area contributed by atoms with Gasteiger partial charge in [0.1, 0.15) is 13.2 Å². The van der Waals surface area contributed by atoms with E-state index < -0.39 is 20.0 Å². The van der Waals surface area contributed by atoms with Crippen molar-refractivity contribution in [3.05, 3.63) is 24.3 Å². The van der Waals surface area contributed by atoms with Gasteiger partial charge in [-0.15, -0.1) is 0 Å². The number of aliphatic hydroxyl groups excluding tert-OH is 1. The van der Waals surface area contributed by atoms with Gasteiger partial charge in [-0.1, -0.05) is 256 Å². The molecule has 8 nitrogen and oxygen atoms in total. The highest BCUT2D eigenvalue weighted by molar-refractivity contribution is 7.47. The Kier molecular flexibility index (Phi) is 48.2. The Hall–Kier alpha value is -1.02. The average molecular weight is 955 g/mol. The second kappa shape index (κ2) is 49.0. The first-order chi connectivity index (χ1) is 32.0. The van der Waals surface area contributed by atoms with Crippen molar-refractivity contribution in [2.45, 2.75) is 296 Å². The summed E-state index contributed by atoms with van der Waals surface area (Å²) in [6.45, 7) is 4.78. The van der Waals surface area contributed by atoms with Crippen LogP contribution >= 0.6 is 7.82 Å². The van der Waals surface area contributed by atoms with Crippen molar-refractivity contribution in [2.75, 3.05) is 40.9 Å². The van der Waals surface area contributed by atoms with Crippen LogP contribution in [-0.2, 0) is 18.4 Å². The molecule has 0 aromatic carbocycles. The number of carbonyl (C=O) groups excluding carboxylic acids is 1. The highest BCUT2D eigenvalue weighted by atomic mass is 31.2. The Labute approximate surface area is 411 Å². The van der Waals surface area contributed by atoms with Gasteiger partial charge in [0.15, 0.2) is 0 Å². The standard InChI is InChI=1S/C57H113N2O6P/c1-6-8-10-12-14-15-16-17-18-19-20-21-22-23-24-25-26-27-28-29-30-31-32-33-34-35-36-37-38-39-40-41-42-43-45-47-49-51-57(61)58-55(56(60)50-48-46-44-13-11-9-7-2)54-65-66(62,63)64-53-52-59(3,4)5/h19-20,48,50,55-56,60H,6-18,21-47,49,51-54H2,1-5H3,(H-,58,61,62,63)/p+1/b20-19-,50-48+. The van der Waals surface area contributed by atoms with Crippen LogP contribution < -0.4 is 5.32 Å². The lowest BCUT2D eigenvalue weighted by Crippen LogP contribution is -2.45. The molecule has 0 aliphatic rings. The minimum atomic E-state index is -4.33. The van der Waals surface area contributed by atoms with Gasteiger partial charge in [-0.3, -0.25) is 13.8 Å². The number of phosphoric ester groups is 1. The minimum Gasteiger partial charge on any atom is -0.387 e. The lowest BCUT2D eigenvalue weighted by Gasteiger charge is -2.25. The molecule has 0 bridgehead atoms. The fraction of sp³-hybridized carbons (Fsp3) is 0.912. The largest absolute Gasteiger partial charge is 0.472 e. The Morgan fingerprint density at radius 3 is 1.17 bits per heavy atom. The van der Waals surface area contributed by atoms with E-state index in [1.807, 2.05) is 27.2 Å². The Morgan fingerprint density at radius 2 is 0.818 bits per heavy atom. The van der Waals surface area contributed by atoms with Gasteiger partial charge in [-0.05, 0) is 44.9 Å². The number of carbonyl (C=O) groups is 1. The zero-order chi connectivity index (χ0) is 48.5. The molecule has 9 heteroatoms. The van der Waals surface area contributed by atoms with Crippen LogP contribution in [0.15, 0.2) is 24.3 Å². The van der Waals surface area contributed by atoms with E-state index in [1.165, 1.54) is 225 Å². The van der Waals surface area contributed by atoms with Crippen molar-refractivity contribution in [3.63, 3.8) is 0 Å². The first-order valence-corrected chi connectivity index (χ1v) is 30.2. The van der Waals surface area contributed by atoms with Crippen molar-refractivity contribution < 1.29 is 32.9 Å². The smallest absolute Gasteiger partial charge is 0.387 e. The quantitative estimate of drug-likeness (QED) is 0.0243. The zero-order valence-corrected chi connectivity index (χ0v) is 45.6. The summed E-state index contributed by atoms with van der Waals surface area (Å²) in [6, 6.07) is -0.840. The van der Waals surface area contributed by atoms with E-state index in [-0.39, 0.29) is 19.1 Å². The van der Waals surface area contributed by atoms with Crippen LogP contribution in [0.2, 0.25) is 0 Å². The molecule has 0 aliphatic heterocycles. The van der Waals surface area contributed by atoms with Crippen LogP contribution in [0.5, 0.6) is 0 Å². The molecule has 0 rings (SSSR count). The molecule has 0 heterocycles. The summed E-state index contributed by atoms with van der Waals surface area (Å²) in [5, 5.41) is 13.7. The predicted octanol–water partition coefficient (Wildman–Crippen LogP) is 17.2. The van der Waals surface area contributed by atoms with E-state index in [0.717, 1.165) is 38.5 Å². The van der Waals surface area contributed by atoms with Crippen LogP contribution in [0.1, 0.15) is 284 Å². The number of nitrogens with zero attached hydrogens (tertiary/aromatic N) is 1. The molecule has 392 valence electrons. The van der Waals surface area contributed by atoms with Gasteiger partial charge < -0.3 is 19.8 Å². The summed E-state index contributed by atoms with van der Waals surface area (Å²) < 4.78 is 23.5. The van der Waals surface area contributed by atoms with Gasteiger partial charge in [0.25, 0.3) is 0 Å².